The number of amides is 1. The highest BCUT2D eigenvalue weighted by Gasteiger charge is 2.26. The van der Waals surface area contributed by atoms with Crippen LogP contribution in [0.15, 0.2) is 61.3 Å². The molecule has 6 rings (SSSR count). The molecular weight excluding hydrogens is 507 g/mol. The van der Waals surface area contributed by atoms with E-state index in [1.54, 1.807) is 29.6 Å². The van der Waals surface area contributed by atoms with Gasteiger partial charge in [-0.15, -0.1) is 0 Å². The van der Waals surface area contributed by atoms with Gasteiger partial charge in [-0.1, -0.05) is 17.7 Å². The molecule has 1 saturated heterocycles. The molecule has 3 aromatic heterocycles. The number of aromatic nitrogens is 5. The first-order valence-corrected chi connectivity index (χ1v) is 12.7. The number of rotatable bonds is 6. The minimum absolute atomic E-state index is 0.165. The summed E-state index contributed by atoms with van der Waals surface area (Å²) in [7, 11) is 0. The summed E-state index contributed by atoms with van der Waals surface area (Å²) < 4.78 is 13.7. The average molecular weight is 531 g/mol. The fourth-order valence-electron chi connectivity index (χ4n) is 4.93. The number of aromatic amines is 1. The van der Waals surface area contributed by atoms with Gasteiger partial charge in [0.25, 0.3) is 5.91 Å². The monoisotopic (exact) mass is 530 g/mol. The fourth-order valence-corrected chi connectivity index (χ4v) is 5.21. The lowest BCUT2D eigenvalue weighted by molar-refractivity contribution is 0.0746. The van der Waals surface area contributed by atoms with E-state index in [0.717, 1.165) is 22.2 Å². The first-order chi connectivity index (χ1) is 18.6. The highest BCUT2D eigenvalue weighted by Crippen LogP contribution is 2.35. The molecule has 192 valence electrons. The summed E-state index contributed by atoms with van der Waals surface area (Å²) >= 11 is 6.68. The molecule has 1 fully saturated rings. The Morgan fingerprint density at radius 3 is 2.74 bits per heavy atom. The third-order valence-corrected chi connectivity index (χ3v) is 7.07. The smallest absolute Gasteiger partial charge is 0.254 e. The number of imidazole rings is 1. The van der Waals surface area contributed by atoms with E-state index >= 15 is 0 Å². The summed E-state index contributed by atoms with van der Waals surface area (Å²) in [4.78, 5) is 37.5. The minimum atomic E-state index is -0.415. The number of H-pyrrole nitrogens is 1. The molecule has 0 unspecified atom stereocenters. The van der Waals surface area contributed by atoms with Crippen LogP contribution in [0.4, 0.5) is 15.9 Å². The quantitative estimate of drug-likeness (QED) is 0.337. The topological polar surface area (TPSA) is 103 Å². The highest BCUT2D eigenvalue weighted by molar-refractivity contribution is 6.36. The second-order valence-electron chi connectivity index (χ2n) is 9.05. The zero-order valence-electron chi connectivity index (χ0n) is 20.4. The summed E-state index contributed by atoms with van der Waals surface area (Å²) in [5.41, 5.74) is 4.61. The summed E-state index contributed by atoms with van der Waals surface area (Å²) in [6.45, 7) is 2.87. The van der Waals surface area contributed by atoms with Gasteiger partial charge in [0.2, 0.25) is 0 Å². The van der Waals surface area contributed by atoms with Crippen LogP contribution in [-0.4, -0.2) is 68.5 Å². The van der Waals surface area contributed by atoms with E-state index in [-0.39, 0.29) is 5.91 Å². The molecule has 1 aliphatic rings. The lowest BCUT2D eigenvalue weighted by atomic mass is 10.0. The summed E-state index contributed by atoms with van der Waals surface area (Å²) in [5.74, 6) is 0.0795. The van der Waals surface area contributed by atoms with Gasteiger partial charge in [-0.25, -0.2) is 19.3 Å². The molecule has 2 aromatic carbocycles. The zero-order chi connectivity index (χ0) is 26.1. The Morgan fingerprint density at radius 2 is 1.89 bits per heavy atom. The first-order valence-electron chi connectivity index (χ1n) is 12.3. The fraction of sp³-hybridized carbons (Fsp3) is 0.222. The van der Waals surface area contributed by atoms with Crippen LogP contribution in [-0.2, 0) is 6.42 Å². The van der Waals surface area contributed by atoms with Gasteiger partial charge in [-0.2, -0.15) is 0 Å². The van der Waals surface area contributed by atoms with Crippen LogP contribution in [0.1, 0.15) is 15.9 Å². The van der Waals surface area contributed by atoms with Crippen LogP contribution in [0.25, 0.3) is 22.1 Å². The van der Waals surface area contributed by atoms with Gasteiger partial charge in [0.05, 0.1) is 22.6 Å². The van der Waals surface area contributed by atoms with Gasteiger partial charge in [0.15, 0.2) is 11.5 Å². The number of fused-ring (bicyclic) bond motifs is 2. The van der Waals surface area contributed by atoms with Crippen LogP contribution in [0, 0.1) is 5.82 Å². The molecule has 4 heterocycles. The van der Waals surface area contributed by atoms with Crippen molar-refractivity contribution in [3.05, 3.63) is 83.3 Å². The lowest BCUT2D eigenvalue weighted by Gasteiger charge is -2.37. The number of nitrogens with one attached hydrogen (secondary N) is 2. The Hall–Kier alpha value is -4.31. The van der Waals surface area contributed by atoms with Gasteiger partial charge < -0.3 is 20.1 Å². The summed E-state index contributed by atoms with van der Waals surface area (Å²) in [6.07, 6.45) is 5.52. The van der Waals surface area contributed by atoms with E-state index in [4.69, 9.17) is 11.6 Å². The van der Waals surface area contributed by atoms with Crippen molar-refractivity contribution >= 4 is 51.1 Å². The molecule has 5 aromatic rings. The Bertz CT molecular complexity index is 1630. The number of piperazine rings is 1. The van der Waals surface area contributed by atoms with Crippen molar-refractivity contribution in [1.82, 2.24) is 29.8 Å². The van der Waals surface area contributed by atoms with Crippen LogP contribution in [0.3, 0.4) is 0 Å². The number of nitrogens with zero attached hydrogens (tertiary/aromatic N) is 6. The summed E-state index contributed by atoms with van der Waals surface area (Å²) in [6, 6.07) is 11.7. The largest absolute Gasteiger partial charge is 0.368 e. The molecule has 0 atom stereocenters. The summed E-state index contributed by atoms with van der Waals surface area (Å²) in [5, 5.41) is 4.89. The number of hydrogen-bond donors (Lipinski definition) is 2. The Labute approximate surface area is 222 Å². The minimum Gasteiger partial charge on any atom is -0.368 e. The SMILES string of the molecule is O=C(c1cccc(F)c1)N1CCN(c2c(CCNc3ncnc4[nH]cnc34)cc(Cl)c3cccnc23)CC1. The van der Waals surface area contributed by atoms with Gasteiger partial charge in [-0.3, -0.25) is 9.78 Å². The standard InChI is InChI=1S/C27H24ClFN8O/c28-21-14-17(6-8-31-25-23-26(33-15-32-23)35-16-34-25)24(22-20(21)5-2-7-30-22)36-9-11-37(12-10-36)27(38)18-3-1-4-19(29)13-18/h1-5,7,13-16H,6,8-12H2,(H2,31,32,33,34,35). The third kappa shape index (κ3) is 4.58. The van der Waals surface area contributed by atoms with Crippen molar-refractivity contribution in [1.29, 1.82) is 0 Å². The molecule has 0 bridgehead atoms. The normalized spacial score (nSPS) is 13.8. The van der Waals surface area contributed by atoms with Crippen LogP contribution in [0.5, 0.6) is 0 Å². The number of carbonyl (C=O) groups is 1. The number of anilines is 2. The van der Waals surface area contributed by atoms with Crippen molar-refractivity contribution in [2.75, 3.05) is 42.9 Å². The van der Waals surface area contributed by atoms with Crippen molar-refractivity contribution in [3.63, 3.8) is 0 Å². The van der Waals surface area contributed by atoms with E-state index < -0.39 is 5.82 Å². The molecule has 9 nitrogen and oxygen atoms in total. The average Bonchev–Trinajstić information content (AvgIpc) is 3.43. The molecule has 38 heavy (non-hydrogen) atoms. The maximum absolute atomic E-state index is 13.7. The van der Waals surface area contributed by atoms with Crippen molar-refractivity contribution in [3.8, 4) is 0 Å². The molecule has 2 N–H and O–H groups in total. The maximum atomic E-state index is 13.7. The molecule has 0 radical (unpaired) electrons. The number of carbonyl (C=O) groups excluding carboxylic acids is 1. The van der Waals surface area contributed by atoms with E-state index in [1.807, 2.05) is 18.2 Å². The Morgan fingerprint density at radius 1 is 1.03 bits per heavy atom. The van der Waals surface area contributed by atoms with Gasteiger partial charge in [0.1, 0.15) is 17.7 Å². The van der Waals surface area contributed by atoms with Gasteiger partial charge in [0, 0.05) is 49.9 Å². The number of hydrogen-bond acceptors (Lipinski definition) is 7. The Balaban J connectivity index is 1.24. The predicted octanol–water partition coefficient (Wildman–Crippen LogP) is 4.31. The van der Waals surface area contributed by atoms with E-state index in [2.05, 4.69) is 35.1 Å². The Kier molecular flexibility index (Phi) is 6.47. The maximum Gasteiger partial charge on any atom is 0.254 e. The third-order valence-electron chi connectivity index (χ3n) is 6.75. The molecule has 0 saturated carbocycles. The van der Waals surface area contributed by atoms with Gasteiger partial charge in [-0.05, 0) is 48.4 Å². The van der Waals surface area contributed by atoms with Crippen LogP contribution in [0.2, 0.25) is 5.02 Å². The molecular formula is C27H24ClFN8O. The predicted molar refractivity (Wildman–Crippen MR) is 145 cm³/mol. The van der Waals surface area contributed by atoms with Crippen molar-refractivity contribution in [2.24, 2.45) is 0 Å². The molecule has 1 amide bonds. The molecule has 11 heteroatoms. The number of halogens is 2. The van der Waals surface area contributed by atoms with Crippen molar-refractivity contribution < 1.29 is 9.18 Å². The van der Waals surface area contributed by atoms with Crippen LogP contribution < -0.4 is 10.2 Å². The van der Waals surface area contributed by atoms with E-state index in [0.29, 0.717) is 66.7 Å². The van der Waals surface area contributed by atoms with Crippen LogP contribution >= 0.6 is 11.6 Å². The lowest BCUT2D eigenvalue weighted by Crippen LogP contribution is -2.49. The first kappa shape index (κ1) is 24.1. The number of benzene rings is 2. The second kappa shape index (κ2) is 10.2. The number of pyridine rings is 1. The van der Waals surface area contributed by atoms with Crippen molar-refractivity contribution in [2.45, 2.75) is 6.42 Å². The van der Waals surface area contributed by atoms with E-state index in [1.165, 1.54) is 18.5 Å². The molecule has 0 spiro atoms. The highest BCUT2D eigenvalue weighted by atomic mass is 35.5. The molecule has 0 aliphatic carbocycles. The second-order valence-corrected chi connectivity index (χ2v) is 9.46. The van der Waals surface area contributed by atoms with E-state index in [9.17, 15) is 9.18 Å². The molecule has 1 aliphatic heterocycles. The van der Waals surface area contributed by atoms with Gasteiger partial charge >= 0.3 is 0 Å². The zero-order valence-corrected chi connectivity index (χ0v) is 21.1.